The molecule has 1 N–H and O–H groups in total. The summed E-state index contributed by atoms with van der Waals surface area (Å²) in [6, 6.07) is 8.47. The topological polar surface area (TPSA) is 73.2 Å². The van der Waals surface area contributed by atoms with Gasteiger partial charge in [-0.25, -0.2) is 4.98 Å². The number of aromatic nitrogens is 2. The van der Waals surface area contributed by atoms with Crippen molar-refractivity contribution in [2.24, 2.45) is 0 Å². The second kappa shape index (κ2) is 7.70. The summed E-state index contributed by atoms with van der Waals surface area (Å²) in [7, 11) is 0. The number of rotatable bonds is 7. The average Bonchev–Trinajstić information content (AvgIpc) is 3.41. The number of hydrogen-bond donors (Lipinski definition) is 1. The van der Waals surface area contributed by atoms with Crippen LogP contribution in [0.15, 0.2) is 41.5 Å². The Kier molecular flexibility index (Phi) is 5.38. The molecule has 6 nitrogen and oxygen atoms in total. The number of carbonyl (C=O) groups excluding carboxylic acids is 1. The maximum Gasteiger partial charge on any atom is 0.260 e. The lowest BCUT2D eigenvalue weighted by atomic mass is 10.3. The predicted molar refractivity (Wildman–Crippen MR) is 95.0 cm³/mol. The van der Waals surface area contributed by atoms with E-state index in [1.165, 1.54) is 4.57 Å². The molecule has 1 saturated carbocycles. The minimum absolute atomic E-state index is 0.0885. The fourth-order valence-electron chi connectivity index (χ4n) is 2.45. The van der Waals surface area contributed by atoms with Crippen LogP contribution in [0.4, 0.5) is 0 Å². The maximum atomic E-state index is 12.1. The van der Waals surface area contributed by atoms with Gasteiger partial charge >= 0.3 is 0 Å². The van der Waals surface area contributed by atoms with E-state index >= 15 is 0 Å². The highest BCUT2D eigenvalue weighted by atomic mass is 35.5. The van der Waals surface area contributed by atoms with Crippen LogP contribution < -0.4 is 15.6 Å². The zero-order valence-electron chi connectivity index (χ0n) is 13.9. The molecule has 0 bridgehead atoms. The average molecular weight is 362 g/mol. The van der Waals surface area contributed by atoms with E-state index in [1.807, 2.05) is 0 Å². The molecule has 1 amide bonds. The number of carbonyl (C=O) groups is 1. The molecule has 132 valence electrons. The van der Waals surface area contributed by atoms with Gasteiger partial charge in [0.25, 0.3) is 11.5 Å². The van der Waals surface area contributed by atoms with Gasteiger partial charge in [-0.1, -0.05) is 17.7 Å². The second-order valence-corrected chi connectivity index (χ2v) is 6.56. The first kappa shape index (κ1) is 17.5. The minimum Gasteiger partial charge on any atom is -0.481 e. The quantitative estimate of drug-likeness (QED) is 0.821. The Morgan fingerprint density at radius 2 is 2.24 bits per heavy atom. The van der Waals surface area contributed by atoms with Crippen LogP contribution in [0, 0.1) is 0 Å². The molecule has 1 aliphatic rings. The number of nitrogens with one attached hydrogen (secondary N) is 1. The van der Waals surface area contributed by atoms with Crippen molar-refractivity contribution >= 4 is 17.5 Å². The molecule has 1 fully saturated rings. The van der Waals surface area contributed by atoms with Crippen molar-refractivity contribution in [1.82, 2.24) is 14.9 Å². The fourth-order valence-corrected chi connectivity index (χ4v) is 2.63. The SMILES string of the molecule is CC(Oc1cccc(Cl)c1)C(=O)NCCn1cnc(C2CC2)cc1=O. The van der Waals surface area contributed by atoms with Crippen LogP contribution in [0.1, 0.15) is 31.4 Å². The minimum atomic E-state index is -0.662. The van der Waals surface area contributed by atoms with Crippen molar-refractivity contribution in [3.63, 3.8) is 0 Å². The smallest absolute Gasteiger partial charge is 0.260 e. The lowest BCUT2D eigenvalue weighted by Crippen LogP contribution is -2.38. The summed E-state index contributed by atoms with van der Waals surface area (Å²) in [5.41, 5.74) is 0.781. The van der Waals surface area contributed by atoms with Crippen LogP contribution in [0.3, 0.4) is 0 Å². The number of benzene rings is 1. The van der Waals surface area contributed by atoms with Gasteiger partial charge < -0.3 is 10.1 Å². The number of nitrogens with zero attached hydrogens (tertiary/aromatic N) is 2. The van der Waals surface area contributed by atoms with Gasteiger partial charge in [-0.2, -0.15) is 0 Å². The lowest BCUT2D eigenvalue weighted by Gasteiger charge is -2.15. The van der Waals surface area contributed by atoms with Crippen molar-refractivity contribution in [3.05, 3.63) is 57.7 Å². The number of ether oxygens (including phenoxy) is 1. The summed E-state index contributed by atoms with van der Waals surface area (Å²) in [4.78, 5) is 28.4. The van der Waals surface area contributed by atoms with Gasteiger partial charge in [-0.05, 0) is 38.0 Å². The van der Waals surface area contributed by atoms with Crippen molar-refractivity contribution < 1.29 is 9.53 Å². The van der Waals surface area contributed by atoms with Crippen molar-refractivity contribution in [2.45, 2.75) is 38.3 Å². The Morgan fingerprint density at radius 3 is 2.92 bits per heavy atom. The van der Waals surface area contributed by atoms with Crippen molar-refractivity contribution in [3.8, 4) is 5.75 Å². The first-order valence-corrected chi connectivity index (χ1v) is 8.67. The molecule has 1 aliphatic carbocycles. The molecule has 1 atom stereocenters. The standard InChI is InChI=1S/C18H20ClN3O3/c1-12(25-15-4-2-3-14(19)9-15)18(24)20-7-8-22-11-21-16(10-17(22)23)13-5-6-13/h2-4,9-13H,5-8H2,1H3,(H,20,24). The first-order chi connectivity index (χ1) is 12.0. The molecular formula is C18H20ClN3O3. The van der Waals surface area contributed by atoms with E-state index in [0.717, 1.165) is 18.5 Å². The monoisotopic (exact) mass is 361 g/mol. The lowest BCUT2D eigenvalue weighted by molar-refractivity contribution is -0.127. The number of amides is 1. The van der Waals surface area contributed by atoms with Gasteiger partial charge in [0.15, 0.2) is 6.10 Å². The van der Waals surface area contributed by atoms with E-state index in [4.69, 9.17) is 16.3 Å². The Morgan fingerprint density at radius 1 is 1.44 bits per heavy atom. The molecule has 1 aromatic heterocycles. The molecule has 7 heteroatoms. The normalized spacial score (nSPS) is 14.8. The van der Waals surface area contributed by atoms with Crippen LogP contribution in [0.25, 0.3) is 0 Å². The van der Waals surface area contributed by atoms with Crippen molar-refractivity contribution in [2.75, 3.05) is 6.54 Å². The highest BCUT2D eigenvalue weighted by Crippen LogP contribution is 2.38. The summed E-state index contributed by atoms with van der Waals surface area (Å²) in [6.45, 7) is 2.35. The summed E-state index contributed by atoms with van der Waals surface area (Å²) in [5.74, 6) is 0.730. The Hall–Kier alpha value is -2.34. The Labute approximate surface area is 150 Å². The van der Waals surface area contributed by atoms with E-state index in [-0.39, 0.29) is 11.5 Å². The molecule has 1 unspecified atom stereocenters. The molecule has 25 heavy (non-hydrogen) atoms. The number of hydrogen-bond acceptors (Lipinski definition) is 4. The van der Waals surface area contributed by atoms with Crippen LogP contribution in [-0.2, 0) is 11.3 Å². The van der Waals surface area contributed by atoms with Gasteiger partial charge in [0.1, 0.15) is 5.75 Å². The molecule has 2 aromatic rings. The zero-order valence-corrected chi connectivity index (χ0v) is 14.7. The third-order valence-corrected chi connectivity index (χ3v) is 4.26. The van der Waals surface area contributed by atoms with E-state index in [2.05, 4.69) is 10.3 Å². The predicted octanol–water partition coefficient (Wildman–Crippen LogP) is 2.36. The van der Waals surface area contributed by atoms with E-state index in [0.29, 0.717) is 29.8 Å². The molecule has 0 spiro atoms. The van der Waals surface area contributed by atoms with E-state index < -0.39 is 6.10 Å². The van der Waals surface area contributed by atoms with E-state index in [9.17, 15) is 9.59 Å². The molecule has 1 heterocycles. The van der Waals surface area contributed by atoms with Crippen molar-refractivity contribution in [1.29, 1.82) is 0 Å². The summed E-state index contributed by atoms with van der Waals surface area (Å²) in [5, 5.41) is 3.31. The van der Waals surface area contributed by atoms with Crippen LogP contribution in [-0.4, -0.2) is 28.1 Å². The molecule has 0 radical (unpaired) electrons. The molecule has 3 rings (SSSR count). The third-order valence-electron chi connectivity index (χ3n) is 4.03. The second-order valence-electron chi connectivity index (χ2n) is 6.13. The highest BCUT2D eigenvalue weighted by Gasteiger charge is 2.25. The maximum absolute atomic E-state index is 12.1. The van der Waals surface area contributed by atoms with E-state index in [1.54, 1.807) is 43.6 Å². The largest absolute Gasteiger partial charge is 0.481 e. The van der Waals surface area contributed by atoms with Crippen LogP contribution in [0.2, 0.25) is 5.02 Å². The summed E-state index contributed by atoms with van der Waals surface area (Å²) >= 11 is 5.89. The highest BCUT2D eigenvalue weighted by molar-refractivity contribution is 6.30. The van der Waals surface area contributed by atoms with Gasteiger partial charge in [0.2, 0.25) is 0 Å². The first-order valence-electron chi connectivity index (χ1n) is 8.29. The van der Waals surface area contributed by atoms with Gasteiger partial charge in [0.05, 0.1) is 12.0 Å². The third kappa shape index (κ3) is 4.82. The Bertz CT molecular complexity index is 817. The van der Waals surface area contributed by atoms with Crippen LogP contribution >= 0.6 is 11.6 Å². The van der Waals surface area contributed by atoms with Gasteiger partial charge in [-0.3, -0.25) is 14.2 Å². The fraction of sp³-hybridized carbons (Fsp3) is 0.389. The summed E-state index contributed by atoms with van der Waals surface area (Å²) in [6.07, 6.45) is 3.10. The molecular weight excluding hydrogens is 342 g/mol. The summed E-state index contributed by atoms with van der Waals surface area (Å²) < 4.78 is 7.05. The van der Waals surface area contributed by atoms with Gasteiger partial charge in [0, 0.05) is 30.1 Å². The molecule has 1 aromatic carbocycles. The molecule has 0 aliphatic heterocycles. The number of halogens is 1. The Balaban J connectivity index is 1.48. The molecule has 0 saturated heterocycles. The zero-order chi connectivity index (χ0) is 17.8. The van der Waals surface area contributed by atoms with Crippen LogP contribution in [0.5, 0.6) is 5.75 Å². The van der Waals surface area contributed by atoms with Gasteiger partial charge in [-0.15, -0.1) is 0 Å².